The van der Waals surface area contributed by atoms with E-state index in [4.69, 9.17) is 14.2 Å². The van der Waals surface area contributed by atoms with Crippen molar-refractivity contribution in [3.05, 3.63) is 125 Å². The van der Waals surface area contributed by atoms with Crippen LogP contribution in [0.2, 0.25) is 0 Å². The molecule has 0 bridgehead atoms. The fourth-order valence-electron chi connectivity index (χ4n) is 8.89. The third-order valence-electron chi connectivity index (χ3n) is 11.5. The van der Waals surface area contributed by atoms with Crippen molar-refractivity contribution in [2.24, 2.45) is 0 Å². The van der Waals surface area contributed by atoms with E-state index in [1.807, 2.05) is 0 Å². The van der Waals surface area contributed by atoms with Gasteiger partial charge in [-0.3, -0.25) is 0 Å². The topological polar surface area (TPSA) is 54.4 Å². The Morgan fingerprint density at radius 2 is 1.48 bits per heavy atom. The van der Waals surface area contributed by atoms with Crippen LogP contribution in [0.15, 0.2) is 97.1 Å². The SMILES string of the molecule is COc1cc2c3c(c4c(c2cc1N1CCC(O)CC1)-c1ccccc1C4(C)C)C=CC(c1ccccc1)(c1ccc(N2CCOCC2)cc1)O3. The summed E-state index contributed by atoms with van der Waals surface area (Å²) in [5.41, 5.74) is 9.64. The highest BCUT2D eigenvalue weighted by atomic mass is 16.5. The molecule has 2 fully saturated rings. The molecule has 4 aliphatic rings. The maximum atomic E-state index is 10.3. The van der Waals surface area contributed by atoms with Gasteiger partial charge in [-0.15, -0.1) is 0 Å². The Kier molecular flexibility index (Phi) is 7.45. The number of hydrogen-bond donors (Lipinski definition) is 1. The van der Waals surface area contributed by atoms with Crippen molar-refractivity contribution in [1.29, 1.82) is 0 Å². The molecule has 6 heteroatoms. The number of methoxy groups -OCH3 is 1. The average molecular weight is 665 g/mol. The summed E-state index contributed by atoms with van der Waals surface area (Å²) < 4.78 is 19.4. The van der Waals surface area contributed by atoms with Gasteiger partial charge in [-0.05, 0) is 70.8 Å². The number of piperidine rings is 1. The van der Waals surface area contributed by atoms with Crippen LogP contribution in [-0.4, -0.2) is 57.7 Å². The van der Waals surface area contributed by atoms with E-state index in [-0.39, 0.29) is 11.5 Å². The number of benzene rings is 5. The lowest BCUT2D eigenvalue weighted by atomic mass is 9.76. The minimum Gasteiger partial charge on any atom is -0.495 e. The van der Waals surface area contributed by atoms with Crippen molar-refractivity contribution in [3.8, 4) is 22.6 Å². The summed E-state index contributed by atoms with van der Waals surface area (Å²) >= 11 is 0. The minimum absolute atomic E-state index is 0.236. The molecule has 2 saturated heterocycles. The largest absolute Gasteiger partial charge is 0.495 e. The number of nitrogens with zero attached hydrogens (tertiary/aromatic N) is 2. The van der Waals surface area contributed by atoms with Gasteiger partial charge < -0.3 is 29.1 Å². The lowest BCUT2D eigenvalue weighted by molar-refractivity contribution is 0.122. The third kappa shape index (κ3) is 4.76. The number of rotatable bonds is 5. The second-order valence-electron chi connectivity index (χ2n) is 14.6. The number of aliphatic hydroxyl groups is 1. The van der Waals surface area contributed by atoms with Gasteiger partial charge in [0.1, 0.15) is 11.5 Å². The normalized spacial score (nSPS) is 21.0. The fraction of sp³-hybridized carbons (Fsp3) is 0.318. The molecule has 50 heavy (non-hydrogen) atoms. The van der Waals surface area contributed by atoms with Crippen molar-refractivity contribution >= 4 is 28.2 Å². The van der Waals surface area contributed by atoms with E-state index in [0.29, 0.717) is 0 Å². The number of fused-ring (bicyclic) bond motifs is 8. The van der Waals surface area contributed by atoms with Gasteiger partial charge in [0.2, 0.25) is 0 Å². The van der Waals surface area contributed by atoms with Crippen LogP contribution in [0.25, 0.3) is 28.0 Å². The molecule has 1 aliphatic carbocycles. The summed E-state index contributed by atoms with van der Waals surface area (Å²) in [6, 6.07) is 32.9. The molecule has 1 unspecified atom stereocenters. The van der Waals surface area contributed by atoms with E-state index in [1.165, 1.54) is 33.3 Å². The monoisotopic (exact) mass is 664 g/mol. The molecule has 1 N–H and O–H groups in total. The van der Waals surface area contributed by atoms with Crippen LogP contribution in [0.4, 0.5) is 11.4 Å². The minimum atomic E-state index is -0.844. The Labute approximate surface area is 294 Å². The van der Waals surface area contributed by atoms with Crippen LogP contribution in [0.1, 0.15) is 54.5 Å². The lowest BCUT2D eigenvalue weighted by Crippen LogP contribution is -2.37. The number of aliphatic hydroxyl groups excluding tert-OH is 1. The Balaban J connectivity index is 1.28. The number of ether oxygens (including phenoxy) is 3. The zero-order valence-electron chi connectivity index (χ0n) is 29.1. The fourth-order valence-corrected chi connectivity index (χ4v) is 8.89. The molecule has 1 atom stereocenters. The molecule has 3 heterocycles. The van der Waals surface area contributed by atoms with Crippen LogP contribution in [0, 0.1) is 0 Å². The van der Waals surface area contributed by atoms with E-state index in [9.17, 15) is 5.11 Å². The van der Waals surface area contributed by atoms with Crippen LogP contribution < -0.4 is 19.3 Å². The highest BCUT2D eigenvalue weighted by molar-refractivity contribution is 6.10. The molecule has 0 radical (unpaired) electrons. The molecule has 3 aliphatic heterocycles. The van der Waals surface area contributed by atoms with E-state index in [0.717, 1.165) is 91.5 Å². The summed E-state index contributed by atoms with van der Waals surface area (Å²) in [5, 5.41) is 12.5. The van der Waals surface area contributed by atoms with Gasteiger partial charge in [0.25, 0.3) is 0 Å². The molecule has 0 saturated carbocycles. The van der Waals surface area contributed by atoms with Gasteiger partial charge in [-0.1, -0.05) is 86.7 Å². The van der Waals surface area contributed by atoms with Gasteiger partial charge >= 0.3 is 0 Å². The second kappa shape index (κ2) is 11.9. The predicted octanol–water partition coefficient (Wildman–Crippen LogP) is 8.30. The molecule has 0 amide bonds. The van der Waals surface area contributed by atoms with Crippen molar-refractivity contribution < 1.29 is 19.3 Å². The molecule has 0 aromatic heterocycles. The molecule has 5 aromatic rings. The Morgan fingerprint density at radius 1 is 0.780 bits per heavy atom. The van der Waals surface area contributed by atoms with Crippen LogP contribution in [0.3, 0.4) is 0 Å². The molecular weight excluding hydrogens is 620 g/mol. The quantitative estimate of drug-likeness (QED) is 0.204. The average Bonchev–Trinajstić information content (AvgIpc) is 3.42. The first-order valence-corrected chi connectivity index (χ1v) is 18.0. The first-order chi connectivity index (χ1) is 24.4. The predicted molar refractivity (Wildman–Crippen MR) is 202 cm³/mol. The van der Waals surface area contributed by atoms with Crippen molar-refractivity contribution in [3.63, 3.8) is 0 Å². The summed E-state index contributed by atoms with van der Waals surface area (Å²) in [4.78, 5) is 4.76. The van der Waals surface area contributed by atoms with Crippen LogP contribution in [-0.2, 0) is 15.8 Å². The molecule has 5 aromatic carbocycles. The smallest absolute Gasteiger partial charge is 0.178 e. The van der Waals surface area contributed by atoms with Crippen molar-refractivity contribution in [1.82, 2.24) is 0 Å². The maximum absolute atomic E-state index is 10.3. The molecule has 6 nitrogen and oxygen atoms in total. The first kappa shape index (κ1) is 31.2. The highest BCUT2D eigenvalue weighted by Gasteiger charge is 2.44. The summed E-state index contributed by atoms with van der Waals surface area (Å²) in [6.45, 7) is 9.55. The Hall–Kier alpha value is -4.78. The maximum Gasteiger partial charge on any atom is 0.178 e. The summed E-state index contributed by atoms with van der Waals surface area (Å²) in [7, 11) is 1.76. The van der Waals surface area contributed by atoms with E-state index < -0.39 is 5.60 Å². The van der Waals surface area contributed by atoms with E-state index >= 15 is 0 Å². The molecule has 0 spiro atoms. The van der Waals surface area contributed by atoms with Gasteiger partial charge in [-0.25, -0.2) is 0 Å². The number of morpholine rings is 1. The van der Waals surface area contributed by atoms with Crippen LogP contribution >= 0.6 is 0 Å². The number of hydrogen-bond acceptors (Lipinski definition) is 6. The molecule has 254 valence electrons. The lowest BCUT2D eigenvalue weighted by Gasteiger charge is -2.39. The zero-order chi connectivity index (χ0) is 34.0. The van der Waals surface area contributed by atoms with Gasteiger partial charge in [0.15, 0.2) is 5.60 Å². The number of anilines is 2. The second-order valence-corrected chi connectivity index (χ2v) is 14.6. The van der Waals surface area contributed by atoms with E-state index in [1.54, 1.807) is 7.11 Å². The molecular formula is C44H44N2O4. The Morgan fingerprint density at radius 3 is 2.22 bits per heavy atom. The van der Waals surface area contributed by atoms with Crippen LogP contribution in [0.5, 0.6) is 11.5 Å². The van der Waals surface area contributed by atoms with Gasteiger partial charge in [0, 0.05) is 59.4 Å². The van der Waals surface area contributed by atoms with E-state index in [2.05, 4.69) is 127 Å². The third-order valence-corrected chi connectivity index (χ3v) is 11.5. The highest BCUT2D eigenvalue weighted by Crippen LogP contribution is 2.59. The first-order valence-electron chi connectivity index (χ1n) is 18.0. The van der Waals surface area contributed by atoms with Gasteiger partial charge in [-0.2, -0.15) is 0 Å². The van der Waals surface area contributed by atoms with Crippen molar-refractivity contribution in [2.45, 2.75) is 43.8 Å². The van der Waals surface area contributed by atoms with Crippen molar-refractivity contribution in [2.75, 3.05) is 56.3 Å². The summed E-state index contributed by atoms with van der Waals surface area (Å²) in [5.74, 6) is 1.70. The van der Waals surface area contributed by atoms with Gasteiger partial charge in [0.05, 0.1) is 32.1 Å². The molecule has 9 rings (SSSR count). The standard InChI is InChI=1S/C44H44N2O4/c1-43(2)37-12-8-7-11-33(37)40-35-27-38(46-21-18-32(47)19-22-46)39(48-3)28-36(35)42-34(41(40)43)17-20-44(50-42,29-9-5-4-6-10-29)30-13-15-31(16-14-30)45-23-25-49-26-24-45/h4-17,20,27-28,32,47H,18-19,21-26H2,1-3H3. The Bertz CT molecular complexity index is 2110. The summed E-state index contributed by atoms with van der Waals surface area (Å²) in [6.07, 6.45) is 5.83. The zero-order valence-corrected chi connectivity index (χ0v) is 29.1.